The van der Waals surface area contributed by atoms with Crippen LogP contribution >= 0.6 is 11.3 Å². The van der Waals surface area contributed by atoms with Crippen LogP contribution in [-0.2, 0) is 0 Å². The largest absolute Gasteiger partial charge is 0.505 e. The fourth-order valence-electron chi connectivity index (χ4n) is 2.83. The fourth-order valence-corrected chi connectivity index (χ4v) is 3.79. The number of carbonyl (C=O) groups excluding carboxylic acids is 1. The van der Waals surface area contributed by atoms with Gasteiger partial charge in [0, 0.05) is 6.07 Å². The van der Waals surface area contributed by atoms with Crippen LogP contribution in [0.4, 0.5) is 5.13 Å². The topological polar surface area (TPSA) is 106 Å². The van der Waals surface area contributed by atoms with Crippen molar-refractivity contribution < 1.29 is 14.6 Å². The summed E-state index contributed by atoms with van der Waals surface area (Å²) < 4.78 is 7.19. The van der Waals surface area contributed by atoms with Crippen molar-refractivity contribution in [3.05, 3.63) is 70.1 Å². The molecule has 0 aliphatic carbocycles. The number of hydrogen-bond donors (Lipinski definition) is 2. The molecule has 0 spiro atoms. The van der Waals surface area contributed by atoms with Gasteiger partial charge in [0.05, 0.1) is 17.3 Å². The van der Waals surface area contributed by atoms with E-state index >= 15 is 0 Å². The maximum Gasteiger partial charge on any atom is 0.281 e. The number of carbonyl (C=O) groups is 1. The van der Waals surface area contributed by atoms with Crippen molar-refractivity contribution in [3.8, 4) is 17.2 Å². The van der Waals surface area contributed by atoms with Crippen LogP contribution in [0.15, 0.2) is 53.3 Å². The van der Waals surface area contributed by atoms with Gasteiger partial charge in [-0.25, -0.2) is 4.98 Å². The number of thiazole rings is 1. The second-order valence-corrected chi connectivity index (χ2v) is 7.28. The van der Waals surface area contributed by atoms with E-state index in [-0.39, 0.29) is 5.69 Å². The molecule has 2 heterocycles. The molecule has 8 nitrogen and oxygen atoms in total. The van der Waals surface area contributed by atoms with Crippen molar-refractivity contribution in [2.45, 2.75) is 6.92 Å². The Morgan fingerprint density at radius 1 is 1.21 bits per heavy atom. The van der Waals surface area contributed by atoms with Crippen LogP contribution in [0.2, 0.25) is 0 Å². The smallest absolute Gasteiger partial charge is 0.281 e. The van der Waals surface area contributed by atoms with E-state index in [0.29, 0.717) is 16.6 Å². The summed E-state index contributed by atoms with van der Waals surface area (Å²) in [5.74, 6) is -0.793. The number of hydrogen-bond acceptors (Lipinski definition) is 7. The second kappa shape index (κ2) is 7.36. The van der Waals surface area contributed by atoms with Gasteiger partial charge in [-0.2, -0.15) is 9.78 Å². The highest BCUT2D eigenvalue weighted by atomic mass is 32.1. The zero-order valence-electron chi connectivity index (χ0n) is 15.5. The maximum absolute atomic E-state index is 12.7. The summed E-state index contributed by atoms with van der Waals surface area (Å²) in [6.45, 7) is 1.97. The SMILES string of the molecule is COc1ccccc1-n1nc(C(=O)Nc2nc3ccc(C)cc3s2)c(O)cc1=O. The molecule has 4 rings (SSSR count). The molecule has 1 amide bonds. The van der Waals surface area contributed by atoms with Gasteiger partial charge in [0.15, 0.2) is 16.6 Å². The van der Waals surface area contributed by atoms with Gasteiger partial charge in [-0.15, -0.1) is 0 Å². The normalized spacial score (nSPS) is 10.8. The molecule has 29 heavy (non-hydrogen) atoms. The van der Waals surface area contributed by atoms with E-state index in [9.17, 15) is 14.7 Å². The van der Waals surface area contributed by atoms with Crippen molar-refractivity contribution in [1.82, 2.24) is 14.8 Å². The zero-order chi connectivity index (χ0) is 20.5. The van der Waals surface area contributed by atoms with Crippen LogP contribution in [0.1, 0.15) is 16.1 Å². The Morgan fingerprint density at radius 2 is 2.00 bits per heavy atom. The Kier molecular flexibility index (Phi) is 4.73. The van der Waals surface area contributed by atoms with Gasteiger partial charge >= 0.3 is 0 Å². The van der Waals surface area contributed by atoms with Crippen LogP contribution in [0.5, 0.6) is 11.5 Å². The lowest BCUT2D eigenvalue weighted by Crippen LogP contribution is -2.25. The van der Waals surface area contributed by atoms with E-state index in [1.807, 2.05) is 25.1 Å². The molecule has 0 bridgehead atoms. The first kappa shape index (κ1) is 18.6. The van der Waals surface area contributed by atoms with Crippen molar-refractivity contribution in [3.63, 3.8) is 0 Å². The third-order valence-electron chi connectivity index (χ3n) is 4.20. The van der Waals surface area contributed by atoms with Gasteiger partial charge in [0.1, 0.15) is 11.4 Å². The van der Waals surface area contributed by atoms with E-state index in [4.69, 9.17) is 4.74 Å². The van der Waals surface area contributed by atoms with Crippen LogP contribution in [-0.4, -0.2) is 32.9 Å². The number of anilines is 1. The molecule has 0 saturated carbocycles. The highest BCUT2D eigenvalue weighted by molar-refractivity contribution is 7.22. The Bertz CT molecular complexity index is 1300. The van der Waals surface area contributed by atoms with Gasteiger partial charge in [-0.1, -0.05) is 29.5 Å². The number of aryl methyl sites for hydroxylation is 1. The number of amides is 1. The van der Waals surface area contributed by atoms with Gasteiger partial charge in [-0.05, 0) is 36.8 Å². The summed E-state index contributed by atoms with van der Waals surface area (Å²) in [4.78, 5) is 29.4. The van der Waals surface area contributed by atoms with Crippen molar-refractivity contribution >= 4 is 32.6 Å². The minimum absolute atomic E-state index is 0.300. The van der Waals surface area contributed by atoms with E-state index in [2.05, 4.69) is 15.4 Å². The van der Waals surface area contributed by atoms with E-state index in [1.165, 1.54) is 18.4 Å². The lowest BCUT2D eigenvalue weighted by molar-refractivity contribution is 0.101. The first-order chi connectivity index (χ1) is 14.0. The molecular formula is C20H16N4O4S. The highest BCUT2D eigenvalue weighted by Crippen LogP contribution is 2.27. The van der Waals surface area contributed by atoms with Crippen LogP contribution in [0.25, 0.3) is 15.9 Å². The number of rotatable bonds is 4. The Balaban J connectivity index is 1.72. The van der Waals surface area contributed by atoms with Crippen molar-refractivity contribution in [1.29, 1.82) is 0 Å². The number of ether oxygens (including phenoxy) is 1. The summed E-state index contributed by atoms with van der Waals surface area (Å²) in [7, 11) is 1.47. The van der Waals surface area contributed by atoms with Gasteiger partial charge in [0.2, 0.25) is 0 Å². The van der Waals surface area contributed by atoms with Crippen molar-refractivity contribution in [2.24, 2.45) is 0 Å². The monoisotopic (exact) mass is 408 g/mol. The fraction of sp³-hybridized carbons (Fsp3) is 0.100. The molecule has 9 heteroatoms. The molecule has 0 atom stereocenters. The average molecular weight is 408 g/mol. The summed E-state index contributed by atoms with van der Waals surface area (Å²) in [5, 5.41) is 17.2. The molecule has 2 aromatic heterocycles. The van der Waals surface area contributed by atoms with Gasteiger partial charge in [-0.3, -0.25) is 14.9 Å². The Hall–Kier alpha value is -3.72. The zero-order valence-corrected chi connectivity index (χ0v) is 16.4. The van der Waals surface area contributed by atoms with Gasteiger partial charge < -0.3 is 9.84 Å². The van der Waals surface area contributed by atoms with Gasteiger partial charge in [0.25, 0.3) is 11.5 Å². The molecule has 0 radical (unpaired) electrons. The van der Waals surface area contributed by atoms with Crippen LogP contribution in [0, 0.1) is 6.92 Å². The standard InChI is InChI=1S/C20H16N4O4S/c1-11-7-8-12-16(9-11)29-20(21-12)22-19(27)18-14(25)10-17(26)24(23-18)13-5-3-4-6-15(13)28-2/h3-10,25H,1-2H3,(H,21,22,27). The molecule has 4 aromatic rings. The molecule has 0 aliphatic rings. The van der Waals surface area contributed by atoms with Crippen LogP contribution < -0.4 is 15.6 Å². The van der Waals surface area contributed by atoms with Crippen molar-refractivity contribution in [2.75, 3.05) is 12.4 Å². The summed E-state index contributed by atoms with van der Waals surface area (Å²) in [5.41, 5.74) is 1.30. The van der Waals surface area contributed by atoms with E-state index in [0.717, 1.165) is 26.5 Å². The number of methoxy groups -OCH3 is 1. The molecule has 0 fully saturated rings. The summed E-state index contributed by atoms with van der Waals surface area (Å²) in [6.07, 6.45) is 0. The number of aromatic nitrogens is 3. The number of para-hydroxylation sites is 2. The molecule has 146 valence electrons. The number of nitrogens with one attached hydrogen (secondary N) is 1. The first-order valence-corrected chi connectivity index (χ1v) is 9.43. The average Bonchev–Trinajstić information content (AvgIpc) is 3.09. The van der Waals surface area contributed by atoms with E-state index in [1.54, 1.807) is 24.3 Å². The summed E-state index contributed by atoms with van der Waals surface area (Å²) in [6, 6.07) is 13.5. The third kappa shape index (κ3) is 3.55. The third-order valence-corrected chi connectivity index (χ3v) is 5.14. The predicted molar refractivity (Wildman–Crippen MR) is 110 cm³/mol. The second-order valence-electron chi connectivity index (χ2n) is 6.24. The maximum atomic E-state index is 12.7. The molecule has 0 aliphatic heterocycles. The van der Waals surface area contributed by atoms with E-state index < -0.39 is 17.2 Å². The number of fused-ring (bicyclic) bond motifs is 1. The molecule has 2 aromatic carbocycles. The molecular weight excluding hydrogens is 392 g/mol. The minimum atomic E-state index is -0.679. The highest BCUT2D eigenvalue weighted by Gasteiger charge is 2.19. The number of nitrogens with zero attached hydrogens (tertiary/aromatic N) is 3. The minimum Gasteiger partial charge on any atom is -0.505 e. The molecule has 2 N–H and O–H groups in total. The summed E-state index contributed by atoms with van der Waals surface area (Å²) >= 11 is 1.31. The molecule has 0 saturated heterocycles. The Labute approximate surface area is 169 Å². The lowest BCUT2D eigenvalue weighted by atomic mass is 10.2. The lowest BCUT2D eigenvalue weighted by Gasteiger charge is -2.11. The first-order valence-electron chi connectivity index (χ1n) is 8.61. The quantitative estimate of drug-likeness (QED) is 0.537. The van der Waals surface area contributed by atoms with Crippen LogP contribution in [0.3, 0.4) is 0 Å². The Morgan fingerprint density at radius 3 is 2.79 bits per heavy atom. The predicted octanol–water partition coefficient (Wildman–Crippen LogP) is 3.12. The number of aromatic hydroxyl groups is 1. The number of benzene rings is 2. The molecule has 0 unspecified atom stereocenters.